The molecule has 5 heteroatoms. The van der Waals surface area contributed by atoms with Crippen LogP contribution in [0.1, 0.15) is 5.56 Å². The molecule has 3 rings (SSSR count). The van der Waals surface area contributed by atoms with Crippen LogP contribution in [0.15, 0.2) is 61.2 Å². The van der Waals surface area contributed by atoms with Gasteiger partial charge in [-0.2, -0.15) is 0 Å². The Kier molecular flexibility index (Phi) is 7.16. The van der Waals surface area contributed by atoms with E-state index in [4.69, 9.17) is 16.3 Å². The second-order valence-corrected chi connectivity index (χ2v) is 7.27. The highest BCUT2D eigenvalue weighted by Gasteiger charge is 2.20. The smallest absolute Gasteiger partial charge is 0.122 e. The minimum atomic E-state index is -0.514. The molecule has 1 fully saturated rings. The second kappa shape index (κ2) is 9.79. The Labute approximate surface area is 166 Å². The molecule has 0 bridgehead atoms. The molecule has 2 aromatic carbocycles. The van der Waals surface area contributed by atoms with Crippen molar-refractivity contribution in [1.29, 1.82) is 0 Å². The highest BCUT2D eigenvalue weighted by atomic mass is 35.5. The Hall–Kier alpha value is -2.01. The van der Waals surface area contributed by atoms with Gasteiger partial charge in [0.05, 0.1) is 0 Å². The van der Waals surface area contributed by atoms with Gasteiger partial charge in [-0.15, -0.1) is 6.58 Å². The number of aliphatic hydroxyl groups is 1. The second-order valence-electron chi connectivity index (χ2n) is 6.83. The van der Waals surface area contributed by atoms with E-state index in [0.717, 1.165) is 54.6 Å². The summed E-state index contributed by atoms with van der Waals surface area (Å²) in [5.41, 5.74) is 2.25. The van der Waals surface area contributed by atoms with Gasteiger partial charge in [0, 0.05) is 43.4 Å². The van der Waals surface area contributed by atoms with Crippen molar-refractivity contribution in [3.8, 4) is 5.75 Å². The fourth-order valence-corrected chi connectivity index (χ4v) is 3.55. The molecule has 144 valence electrons. The maximum Gasteiger partial charge on any atom is 0.122 e. The molecular weight excluding hydrogens is 360 g/mol. The first kappa shape index (κ1) is 19.7. The van der Waals surface area contributed by atoms with Crippen molar-refractivity contribution >= 4 is 17.3 Å². The summed E-state index contributed by atoms with van der Waals surface area (Å²) in [6.07, 6.45) is 2.11. The molecule has 1 aliphatic heterocycles. The summed E-state index contributed by atoms with van der Waals surface area (Å²) in [7, 11) is 0. The van der Waals surface area contributed by atoms with Crippen LogP contribution < -0.4 is 9.64 Å². The number of hydrogen-bond acceptors (Lipinski definition) is 4. The van der Waals surface area contributed by atoms with Crippen molar-refractivity contribution in [1.82, 2.24) is 4.90 Å². The van der Waals surface area contributed by atoms with E-state index in [1.165, 1.54) is 0 Å². The molecule has 1 saturated heterocycles. The standard InChI is InChI=1S/C22H27ClN2O2/c1-2-6-18-7-3-4-10-22(18)27-17-21(26)16-24-11-13-25(14-12-24)20-9-5-8-19(23)15-20/h2-5,7-10,15,21,26H,1,6,11-14,16-17H2. The van der Waals surface area contributed by atoms with E-state index in [1.807, 2.05) is 48.5 Å². The predicted molar refractivity (Wildman–Crippen MR) is 112 cm³/mol. The predicted octanol–water partition coefficient (Wildman–Crippen LogP) is 3.63. The number of rotatable bonds is 8. The molecule has 1 unspecified atom stereocenters. The van der Waals surface area contributed by atoms with Crippen LogP contribution >= 0.6 is 11.6 Å². The van der Waals surface area contributed by atoms with Gasteiger partial charge < -0.3 is 14.7 Å². The van der Waals surface area contributed by atoms with Gasteiger partial charge in [-0.05, 0) is 36.2 Å². The zero-order valence-electron chi connectivity index (χ0n) is 15.6. The number of aliphatic hydroxyl groups excluding tert-OH is 1. The molecule has 0 spiro atoms. The van der Waals surface area contributed by atoms with Crippen LogP contribution in [0.5, 0.6) is 5.75 Å². The topological polar surface area (TPSA) is 35.9 Å². The zero-order chi connectivity index (χ0) is 19.1. The Morgan fingerprint density at radius 3 is 2.63 bits per heavy atom. The van der Waals surface area contributed by atoms with Gasteiger partial charge in [0.2, 0.25) is 0 Å². The first-order valence-electron chi connectivity index (χ1n) is 9.38. The molecule has 0 amide bonds. The molecule has 1 heterocycles. The van der Waals surface area contributed by atoms with E-state index < -0.39 is 6.10 Å². The monoisotopic (exact) mass is 386 g/mol. The third-order valence-corrected chi connectivity index (χ3v) is 5.02. The lowest BCUT2D eigenvalue weighted by Crippen LogP contribution is -2.49. The lowest BCUT2D eigenvalue weighted by Gasteiger charge is -2.37. The fraction of sp³-hybridized carbons (Fsp3) is 0.364. The van der Waals surface area contributed by atoms with E-state index in [2.05, 4.69) is 22.4 Å². The third kappa shape index (κ3) is 5.73. The van der Waals surface area contributed by atoms with Gasteiger partial charge in [-0.1, -0.05) is 41.9 Å². The minimum absolute atomic E-state index is 0.294. The molecule has 27 heavy (non-hydrogen) atoms. The summed E-state index contributed by atoms with van der Waals surface area (Å²) in [6.45, 7) is 8.37. The summed E-state index contributed by atoms with van der Waals surface area (Å²) in [5.74, 6) is 0.822. The first-order valence-corrected chi connectivity index (χ1v) is 9.76. The maximum absolute atomic E-state index is 10.4. The Bertz CT molecular complexity index is 745. The van der Waals surface area contributed by atoms with Crippen molar-refractivity contribution in [2.24, 2.45) is 0 Å². The van der Waals surface area contributed by atoms with Gasteiger partial charge in [0.25, 0.3) is 0 Å². The number of β-amino-alcohol motifs (C(OH)–C–C–N with tert-alkyl or cyclic N) is 1. The number of benzene rings is 2. The number of ether oxygens (including phenoxy) is 1. The maximum atomic E-state index is 10.4. The van der Waals surface area contributed by atoms with E-state index in [0.29, 0.717) is 13.2 Å². The molecule has 2 aromatic rings. The largest absolute Gasteiger partial charge is 0.491 e. The number of para-hydroxylation sites is 1. The number of nitrogens with zero attached hydrogens (tertiary/aromatic N) is 2. The van der Waals surface area contributed by atoms with Gasteiger partial charge in [0.15, 0.2) is 0 Å². The Morgan fingerprint density at radius 2 is 1.89 bits per heavy atom. The van der Waals surface area contributed by atoms with Crippen LogP contribution in [0.2, 0.25) is 5.02 Å². The number of piperazine rings is 1. The van der Waals surface area contributed by atoms with Gasteiger partial charge in [0.1, 0.15) is 18.5 Å². The lowest BCUT2D eigenvalue weighted by molar-refractivity contribution is 0.0660. The number of allylic oxidation sites excluding steroid dienone is 1. The molecule has 0 aliphatic carbocycles. The summed E-state index contributed by atoms with van der Waals surface area (Å²) in [4.78, 5) is 4.61. The highest BCUT2D eigenvalue weighted by Crippen LogP contribution is 2.21. The van der Waals surface area contributed by atoms with Gasteiger partial charge in [-0.25, -0.2) is 0 Å². The minimum Gasteiger partial charge on any atom is -0.491 e. The van der Waals surface area contributed by atoms with Gasteiger partial charge >= 0.3 is 0 Å². The van der Waals surface area contributed by atoms with Crippen molar-refractivity contribution in [2.45, 2.75) is 12.5 Å². The normalized spacial score (nSPS) is 16.1. The molecule has 0 radical (unpaired) electrons. The summed E-state index contributed by atoms with van der Waals surface area (Å²) in [6, 6.07) is 15.9. The molecule has 1 aliphatic rings. The van der Waals surface area contributed by atoms with Crippen molar-refractivity contribution < 1.29 is 9.84 Å². The van der Waals surface area contributed by atoms with Crippen LogP contribution in [0.25, 0.3) is 0 Å². The molecule has 0 aromatic heterocycles. The van der Waals surface area contributed by atoms with Gasteiger partial charge in [-0.3, -0.25) is 4.90 Å². The highest BCUT2D eigenvalue weighted by molar-refractivity contribution is 6.30. The average Bonchev–Trinajstić information content (AvgIpc) is 2.68. The third-order valence-electron chi connectivity index (χ3n) is 4.78. The number of halogens is 1. The zero-order valence-corrected chi connectivity index (χ0v) is 16.3. The van der Waals surface area contributed by atoms with Crippen LogP contribution in [0.3, 0.4) is 0 Å². The molecule has 4 nitrogen and oxygen atoms in total. The van der Waals surface area contributed by atoms with E-state index in [9.17, 15) is 5.11 Å². The van der Waals surface area contributed by atoms with Crippen molar-refractivity contribution in [3.05, 3.63) is 71.8 Å². The Balaban J connectivity index is 1.44. The SMILES string of the molecule is C=CCc1ccccc1OCC(O)CN1CCN(c2cccc(Cl)c2)CC1. The first-order chi connectivity index (χ1) is 13.2. The van der Waals surface area contributed by atoms with Crippen LogP contribution in [-0.2, 0) is 6.42 Å². The Morgan fingerprint density at radius 1 is 1.11 bits per heavy atom. The van der Waals surface area contributed by atoms with E-state index in [-0.39, 0.29) is 0 Å². The molecule has 0 saturated carbocycles. The lowest BCUT2D eigenvalue weighted by atomic mass is 10.1. The van der Waals surface area contributed by atoms with E-state index in [1.54, 1.807) is 0 Å². The van der Waals surface area contributed by atoms with Crippen molar-refractivity contribution in [2.75, 3.05) is 44.2 Å². The number of hydrogen-bond donors (Lipinski definition) is 1. The summed E-state index contributed by atoms with van der Waals surface area (Å²) in [5, 5.41) is 11.1. The molecular formula is C22H27ClN2O2. The summed E-state index contributed by atoms with van der Waals surface area (Å²) < 4.78 is 5.85. The van der Waals surface area contributed by atoms with Crippen LogP contribution in [-0.4, -0.2) is 55.4 Å². The fourth-order valence-electron chi connectivity index (χ4n) is 3.37. The van der Waals surface area contributed by atoms with Crippen molar-refractivity contribution in [3.63, 3.8) is 0 Å². The molecule has 1 atom stereocenters. The van der Waals surface area contributed by atoms with Crippen LogP contribution in [0, 0.1) is 0 Å². The average molecular weight is 387 g/mol. The van der Waals surface area contributed by atoms with E-state index >= 15 is 0 Å². The van der Waals surface area contributed by atoms with Crippen LogP contribution in [0.4, 0.5) is 5.69 Å². The summed E-state index contributed by atoms with van der Waals surface area (Å²) >= 11 is 6.09. The quantitative estimate of drug-likeness (QED) is 0.703. The molecule has 1 N–H and O–H groups in total. The number of anilines is 1.